The van der Waals surface area contributed by atoms with E-state index < -0.39 is 0 Å². The average Bonchev–Trinajstić information content (AvgIpc) is 2.91. The van der Waals surface area contributed by atoms with E-state index in [0.29, 0.717) is 45.7 Å². The van der Waals surface area contributed by atoms with Gasteiger partial charge in [-0.15, -0.1) is 0 Å². The molecule has 2 aliphatic rings. The zero-order valence-electron chi connectivity index (χ0n) is 18.0. The molecule has 7 heteroatoms. The minimum Gasteiger partial charge on any atom is -0.379 e. The van der Waals surface area contributed by atoms with Crippen LogP contribution in [-0.4, -0.2) is 70.3 Å². The summed E-state index contributed by atoms with van der Waals surface area (Å²) in [5, 5.41) is 4.68. The Morgan fingerprint density at radius 2 is 1.83 bits per heavy atom. The second kappa shape index (κ2) is 8.60. The smallest absolute Gasteiger partial charge is 0.227 e. The van der Waals surface area contributed by atoms with E-state index in [-0.39, 0.29) is 23.8 Å². The monoisotopic (exact) mass is 410 g/mol. The van der Waals surface area contributed by atoms with Crippen molar-refractivity contribution in [1.29, 1.82) is 0 Å². The molecule has 2 aliphatic heterocycles. The van der Waals surface area contributed by atoms with Gasteiger partial charge in [0.15, 0.2) is 0 Å². The molecule has 3 heterocycles. The number of amides is 2. The fourth-order valence-electron chi connectivity index (χ4n) is 4.58. The van der Waals surface area contributed by atoms with E-state index in [2.05, 4.69) is 5.10 Å². The van der Waals surface area contributed by atoms with Gasteiger partial charge in [-0.25, -0.2) is 4.68 Å². The molecule has 2 bridgehead atoms. The maximum Gasteiger partial charge on any atom is 0.227 e. The van der Waals surface area contributed by atoms with Gasteiger partial charge in [-0.3, -0.25) is 9.59 Å². The van der Waals surface area contributed by atoms with Crippen molar-refractivity contribution >= 4 is 11.8 Å². The summed E-state index contributed by atoms with van der Waals surface area (Å²) in [4.78, 5) is 29.6. The molecular formula is C23H30N4O3. The summed E-state index contributed by atoms with van der Waals surface area (Å²) in [6.07, 6.45) is 0.806. The molecule has 1 aromatic heterocycles. The van der Waals surface area contributed by atoms with Crippen LogP contribution in [0.2, 0.25) is 0 Å². The summed E-state index contributed by atoms with van der Waals surface area (Å²) in [5.41, 5.74) is 3.83. The first-order chi connectivity index (χ1) is 14.5. The van der Waals surface area contributed by atoms with E-state index in [9.17, 15) is 9.59 Å². The number of carbonyl (C=O) groups is 2. The molecule has 30 heavy (non-hydrogen) atoms. The third-order valence-electron chi connectivity index (χ3n) is 6.21. The van der Waals surface area contributed by atoms with E-state index in [0.717, 1.165) is 22.6 Å². The molecule has 2 aromatic rings. The van der Waals surface area contributed by atoms with Crippen molar-refractivity contribution in [2.75, 3.05) is 32.8 Å². The van der Waals surface area contributed by atoms with Gasteiger partial charge < -0.3 is 14.5 Å². The highest BCUT2D eigenvalue weighted by atomic mass is 16.5. The number of hydrogen-bond donors (Lipinski definition) is 0. The van der Waals surface area contributed by atoms with Gasteiger partial charge in [0.05, 0.1) is 37.1 Å². The van der Waals surface area contributed by atoms with Gasteiger partial charge in [-0.2, -0.15) is 5.10 Å². The Bertz CT molecular complexity index is 924. The number of aryl methyl sites for hydroxylation is 1. The molecule has 2 atom stereocenters. The highest BCUT2D eigenvalue weighted by Gasteiger charge is 2.37. The van der Waals surface area contributed by atoms with Gasteiger partial charge in [-0.05, 0) is 26.0 Å². The summed E-state index contributed by atoms with van der Waals surface area (Å²) in [6.45, 7) is 8.80. The van der Waals surface area contributed by atoms with E-state index in [1.165, 1.54) is 0 Å². The molecule has 0 saturated carbocycles. The zero-order chi connectivity index (χ0) is 21.3. The molecule has 1 aromatic carbocycles. The Morgan fingerprint density at radius 1 is 1.07 bits per heavy atom. The molecule has 0 N–H and O–H groups in total. The Morgan fingerprint density at radius 3 is 2.57 bits per heavy atom. The highest BCUT2D eigenvalue weighted by Crippen LogP contribution is 2.24. The fraction of sp³-hybridized carbons (Fsp3) is 0.522. The van der Waals surface area contributed by atoms with Crippen LogP contribution in [0.5, 0.6) is 0 Å². The largest absolute Gasteiger partial charge is 0.379 e. The molecule has 2 amide bonds. The molecule has 0 aliphatic carbocycles. The van der Waals surface area contributed by atoms with Gasteiger partial charge >= 0.3 is 0 Å². The Balaban J connectivity index is 1.55. The van der Waals surface area contributed by atoms with Crippen LogP contribution in [0.15, 0.2) is 30.3 Å². The number of para-hydroxylation sites is 1. The van der Waals surface area contributed by atoms with E-state index >= 15 is 0 Å². The average molecular weight is 411 g/mol. The number of rotatable bonds is 4. The van der Waals surface area contributed by atoms with Crippen molar-refractivity contribution in [2.45, 2.75) is 39.7 Å². The summed E-state index contributed by atoms with van der Waals surface area (Å²) in [7, 11) is 0. The van der Waals surface area contributed by atoms with Crippen molar-refractivity contribution in [2.24, 2.45) is 5.92 Å². The minimum atomic E-state index is -0.0923. The number of ether oxygens (including phenoxy) is 1. The molecule has 4 rings (SSSR count). The predicted octanol–water partition coefficient (Wildman–Crippen LogP) is 2.13. The molecule has 7 nitrogen and oxygen atoms in total. The molecule has 160 valence electrons. The van der Waals surface area contributed by atoms with Crippen molar-refractivity contribution in [3.8, 4) is 5.69 Å². The number of hydrogen-bond acceptors (Lipinski definition) is 4. The number of fused-ring (bicyclic) bond motifs is 3. The van der Waals surface area contributed by atoms with Gasteiger partial charge in [0.1, 0.15) is 0 Å². The number of nitrogens with zero attached hydrogens (tertiary/aromatic N) is 4. The topological polar surface area (TPSA) is 67.7 Å². The standard InChI is InChI=1S/C23H30N4O3/c1-4-22(28)25-11-18-12-26(20(13-25)15-30-14-18)23(29)10-21-16(2)24-27(17(21)3)19-8-6-5-7-9-19/h5-9,18,20H,4,10-15H2,1-3H3/t18-,20-/m0/s1. The van der Waals surface area contributed by atoms with E-state index in [4.69, 9.17) is 4.74 Å². The van der Waals surface area contributed by atoms with Gasteiger partial charge in [0, 0.05) is 43.2 Å². The summed E-state index contributed by atoms with van der Waals surface area (Å²) < 4.78 is 7.72. The van der Waals surface area contributed by atoms with Crippen LogP contribution in [0.3, 0.4) is 0 Å². The third-order valence-corrected chi connectivity index (χ3v) is 6.21. The quantitative estimate of drug-likeness (QED) is 0.774. The molecule has 2 saturated heterocycles. The van der Waals surface area contributed by atoms with Crippen LogP contribution in [0.1, 0.15) is 30.3 Å². The van der Waals surface area contributed by atoms with Crippen LogP contribution in [0, 0.1) is 19.8 Å². The first-order valence-electron chi connectivity index (χ1n) is 10.7. The SMILES string of the molecule is CCC(=O)N1C[C@@H]2COC[C@H](C1)N(C(=O)Cc1c(C)nn(-c3ccccc3)c1C)C2. The second-order valence-corrected chi connectivity index (χ2v) is 8.33. The van der Waals surface area contributed by atoms with Crippen LogP contribution < -0.4 is 0 Å². The van der Waals surface area contributed by atoms with Gasteiger partial charge in [0.2, 0.25) is 11.8 Å². The van der Waals surface area contributed by atoms with Crippen molar-refractivity contribution < 1.29 is 14.3 Å². The molecule has 2 fully saturated rings. The lowest BCUT2D eigenvalue weighted by atomic mass is 10.1. The number of benzene rings is 1. The van der Waals surface area contributed by atoms with Crippen LogP contribution in [0.4, 0.5) is 0 Å². The molecule has 0 spiro atoms. The van der Waals surface area contributed by atoms with Crippen molar-refractivity contribution in [3.05, 3.63) is 47.3 Å². The van der Waals surface area contributed by atoms with Gasteiger partial charge in [-0.1, -0.05) is 25.1 Å². The van der Waals surface area contributed by atoms with E-state index in [1.807, 2.05) is 65.6 Å². The zero-order valence-corrected chi connectivity index (χ0v) is 18.0. The number of carbonyl (C=O) groups excluding carboxylic acids is 2. The first-order valence-corrected chi connectivity index (χ1v) is 10.7. The maximum atomic E-state index is 13.4. The van der Waals surface area contributed by atoms with Crippen LogP contribution in [0.25, 0.3) is 5.69 Å². The van der Waals surface area contributed by atoms with Crippen LogP contribution >= 0.6 is 0 Å². The van der Waals surface area contributed by atoms with Crippen molar-refractivity contribution in [1.82, 2.24) is 19.6 Å². The maximum absolute atomic E-state index is 13.4. The second-order valence-electron chi connectivity index (χ2n) is 8.33. The van der Waals surface area contributed by atoms with Gasteiger partial charge in [0.25, 0.3) is 0 Å². The molecular weight excluding hydrogens is 380 g/mol. The predicted molar refractivity (Wildman–Crippen MR) is 113 cm³/mol. The first kappa shape index (κ1) is 20.6. The molecule has 0 unspecified atom stereocenters. The summed E-state index contributed by atoms with van der Waals surface area (Å²) in [6, 6.07) is 9.88. The Kier molecular flexibility index (Phi) is 5.90. The third kappa shape index (κ3) is 3.99. The lowest BCUT2D eigenvalue weighted by molar-refractivity contribution is -0.136. The normalized spacial score (nSPS) is 21.4. The highest BCUT2D eigenvalue weighted by molar-refractivity contribution is 5.80. The minimum absolute atomic E-state index is 0.0834. The van der Waals surface area contributed by atoms with Crippen molar-refractivity contribution in [3.63, 3.8) is 0 Å². The molecule has 0 radical (unpaired) electrons. The lowest BCUT2D eigenvalue weighted by Crippen LogP contribution is -2.48. The van der Waals surface area contributed by atoms with Crippen LogP contribution in [-0.2, 0) is 20.7 Å². The summed E-state index contributed by atoms with van der Waals surface area (Å²) in [5.74, 6) is 0.392. The summed E-state index contributed by atoms with van der Waals surface area (Å²) >= 11 is 0. The lowest BCUT2D eigenvalue weighted by Gasteiger charge is -2.31. The van der Waals surface area contributed by atoms with E-state index in [1.54, 1.807) is 0 Å². The Hall–Kier alpha value is -2.67. The Labute approximate surface area is 177 Å². The fourth-order valence-corrected chi connectivity index (χ4v) is 4.58. The number of aromatic nitrogens is 2.